The number of ether oxygens (including phenoxy) is 2. The van der Waals surface area contributed by atoms with Gasteiger partial charge in [0.2, 0.25) is 0 Å². The van der Waals surface area contributed by atoms with Gasteiger partial charge in [0.1, 0.15) is 0 Å². The summed E-state index contributed by atoms with van der Waals surface area (Å²) in [6.45, 7) is 1.53. The Balaban J connectivity index is 2.04. The minimum absolute atomic E-state index is 0.157. The molecule has 0 aliphatic carbocycles. The summed E-state index contributed by atoms with van der Waals surface area (Å²) < 4.78 is 10.8. The first-order chi connectivity index (χ1) is 14.7. The fourth-order valence-corrected chi connectivity index (χ4v) is 2.74. The lowest BCUT2D eigenvalue weighted by Gasteiger charge is -2.13. The maximum absolute atomic E-state index is 12.2. The summed E-state index contributed by atoms with van der Waals surface area (Å²) in [7, 11) is 2.73. The number of carbonyl (C=O) groups is 3. The van der Waals surface area contributed by atoms with E-state index in [1.807, 2.05) is 6.92 Å². The number of likely N-dealkylation sites (N-methyl/N-ethyl adjacent to an activating group) is 1. The van der Waals surface area contributed by atoms with E-state index < -0.39 is 17.7 Å². The van der Waals surface area contributed by atoms with Crippen molar-refractivity contribution in [1.82, 2.24) is 10.7 Å². The van der Waals surface area contributed by atoms with Crippen LogP contribution in [0.5, 0.6) is 11.5 Å². The third-order valence-corrected chi connectivity index (χ3v) is 4.56. The summed E-state index contributed by atoms with van der Waals surface area (Å²) in [5.41, 5.74) is 3.96. The number of aryl methyl sites for hydroxylation is 1. The maximum atomic E-state index is 12.2. The van der Waals surface area contributed by atoms with Gasteiger partial charge in [-0.15, -0.1) is 0 Å². The van der Waals surface area contributed by atoms with Gasteiger partial charge >= 0.3 is 11.8 Å². The van der Waals surface area contributed by atoms with Crippen molar-refractivity contribution in [3.05, 3.63) is 51.5 Å². The molecule has 3 N–H and O–H groups in total. The predicted octanol–water partition coefficient (Wildman–Crippen LogP) is 2.52. The van der Waals surface area contributed by atoms with Gasteiger partial charge in [0.25, 0.3) is 5.91 Å². The van der Waals surface area contributed by atoms with Gasteiger partial charge in [-0.05, 0) is 42.3 Å². The van der Waals surface area contributed by atoms with Gasteiger partial charge in [0, 0.05) is 17.8 Å². The van der Waals surface area contributed by atoms with E-state index in [0.29, 0.717) is 16.3 Å². The van der Waals surface area contributed by atoms with Gasteiger partial charge in [-0.25, -0.2) is 5.43 Å². The second kappa shape index (κ2) is 11.2. The molecule has 2 aromatic rings. The zero-order chi connectivity index (χ0) is 23.0. The van der Waals surface area contributed by atoms with Crippen molar-refractivity contribution in [3.63, 3.8) is 0 Å². The molecule has 0 atom stereocenters. The van der Waals surface area contributed by atoms with E-state index in [1.165, 1.54) is 32.5 Å². The molecule has 0 spiro atoms. The number of hydrazone groups is 1. The molecule has 3 amide bonds. The van der Waals surface area contributed by atoms with Gasteiger partial charge in [0.15, 0.2) is 18.1 Å². The summed E-state index contributed by atoms with van der Waals surface area (Å²) in [4.78, 5) is 34.7. The van der Waals surface area contributed by atoms with E-state index in [4.69, 9.17) is 32.7 Å². The maximum Gasteiger partial charge on any atom is 0.329 e. The highest BCUT2D eigenvalue weighted by molar-refractivity contribution is 6.35. The molecule has 0 bridgehead atoms. The summed E-state index contributed by atoms with van der Waals surface area (Å²) in [6.07, 6.45) is 1.27. The fourth-order valence-electron chi connectivity index (χ4n) is 2.29. The molecule has 0 aliphatic heterocycles. The van der Waals surface area contributed by atoms with Crippen LogP contribution in [0, 0.1) is 6.92 Å². The third-order valence-electron chi connectivity index (χ3n) is 3.87. The van der Waals surface area contributed by atoms with Crippen molar-refractivity contribution >= 4 is 52.8 Å². The van der Waals surface area contributed by atoms with Gasteiger partial charge in [-0.2, -0.15) is 5.10 Å². The van der Waals surface area contributed by atoms with Crippen molar-refractivity contribution in [2.45, 2.75) is 6.92 Å². The van der Waals surface area contributed by atoms with Crippen LogP contribution in [0.1, 0.15) is 11.1 Å². The van der Waals surface area contributed by atoms with Gasteiger partial charge in [-0.3, -0.25) is 14.4 Å². The summed E-state index contributed by atoms with van der Waals surface area (Å²) >= 11 is 12.3. The van der Waals surface area contributed by atoms with Crippen molar-refractivity contribution in [2.75, 3.05) is 26.1 Å². The van der Waals surface area contributed by atoms with E-state index in [0.717, 1.165) is 5.56 Å². The molecular formula is C20H20Cl2N4O5. The van der Waals surface area contributed by atoms with Crippen LogP contribution in [0.25, 0.3) is 0 Å². The molecule has 0 fully saturated rings. The molecular weight excluding hydrogens is 447 g/mol. The van der Waals surface area contributed by atoms with E-state index in [2.05, 4.69) is 21.2 Å². The van der Waals surface area contributed by atoms with E-state index in [-0.39, 0.29) is 23.1 Å². The first-order valence-electron chi connectivity index (χ1n) is 8.86. The van der Waals surface area contributed by atoms with E-state index in [1.54, 1.807) is 18.2 Å². The average Bonchev–Trinajstić information content (AvgIpc) is 2.74. The molecule has 0 unspecified atom stereocenters. The number of nitrogens with zero attached hydrogens (tertiary/aromatic N) is 1. The minimum Gasteiger partial charge on any atom is -0.493 e. The lowest BCUT2D eigenvalue weighted by molar-refractivity contribution is -0.138. The van der Waals surface area contributed by atoms with E-state index in [9.17, 15) is 14.4 Å². The van der Waals surface area contributed by atoms with Crippen LogP contribution in [-0.4, -0.2) is 44.7 Å². The second-order valence-corrected chi connectivity index (χ2v) is 6.93. The van der Waals surface area contributed by atoms with Crippen LogP contribution in [0.2, 0.25) is 10.0 Å². The number of hydrogen-bond donors (Lipinski definition) is 3. The highest BCUT2D eigenvalue weighted by Gasteiger charge is 2.14. The van der Waals surface area contributed by atoms with Crippen LogP contribution in [0.15, 0.2) is 35.4 Å². The number of rotatable bonds is 7. The summed E-state index contributed by atoms with van der Waals surface area (Å²) in [5, 5.41) is 9.21. The number of hydrogen-bond acceptors (Lipinski definition) is 6. The fraction of sp³-hybridized carbons (Fsp3) is 0.200. The van der Waals surface area contributed by atoms with Gasteiger partial charge in [-0.1, -0.05) is 29.3 Å². The number of carbonyl (C=O) groups excluding carboxylic acids is 3. The van der Waals surface area contributed by atoms with Crippen LogP contribution in [-0.2, 0) is 14.4 Å². The molecule has 164 valence electrons. The minimum atomic E-state index is -0.919. The molecule has 0 radical (unpaired) electrons. The van der Waals surface area contributed by atoms with Crippen LogP contribution >= 0.6 is 23.2 Å². The Morgan fingerprint density at radius 1 is 1.10 bits per heavy atom. The summed E-state index contributed by atoms with van der Waals surface area (Å²) in [5.74, 6) is -1.76. The van der Waals surface area contributed by atoms with Crippen molar-refractivity contribution in [1.29, 1.82) is 0 Å². The SMILES string of the molecule is CNC(=O)C(=O)N/N=C\c1cc(Cl)c(OCC(=O)Nc2ccc(C)c(Cl)c2)c(OC)c1. The average molecular weight is 467 g/mol. The number of anilines is 1. The molecule has 9 nitrogen and oxygen atoms in total. The molecule has 0 saturated carbocycles. The van der Waals surface area contributed by atoms with Crippen molar-refractivity contribution in [2.24, 2.45) is 5.10 Å². The number of halogens is 2. The number of benzene rings is 2. The zero-order valence-corrected chi connectivity index (χ0v) is 18.4. The zero-order valence-electron chi connectivity index (χ0n) is 16.9. The number of amides is 3. The Morgan fingerprint density at radius 3 is 2.48 bits per heavy atom. The largest absolute Gasteiger partial charge is 0.493 e. The Morgan fingerprint density at radius 2 is 1.84 bits per heavy atom. The van der Waals surface area contributed by atoms with Gasteiger partial charge in [0.05, 0.1) is 18.3 Å². The topological polar surface area (TPSA) is 118 Å². The monoisotopic (exact) mass is 466 g/mol. The van der Waals surface area contributed by atoms with Crippen LogP contribution in [0.3, 0.4) is 0 Å². The Labute approximate surface area is 188 Å². The molecule has 0 heterocycles. The molecule has 0 aliphatic rings. The first kappa shape index (κ1) is 24.0. The van der Waals surface area contributed by atoms with Crippen LogP contribution in [0.4, 0.5) is 5.69 Å². The molecule has 0 saturated heterocycles. The quantitative estimate of drug-likeness (QED) is 0.329. The smallest absolute Gasteiger partial charge is 0.329 e. The highest BCUT2D eigenvalue weighted by Crippen LogP contribution is 2.36. The Kier molecular flexibility index (Phi) is 8.65. The lowest BCUT2D eigenvalue weighted by atomic mass is 10.2. The normalized spacial score (nSPS) is 10.5. The van der Waals surface area contributed by atoms with Gasteiger partial charge < -0.3 is 20.1 Å². The molecule has 31 heavy (non-hydrogen) atoms. The Hall–Kier alpha value is -3.30. The number of nitrogens with one attached hydrogen (secondary N) is 3. The Bertz CT molecular complexity index is 1030. The molecule has 0 aromatic heterocycles. The van der Waals surface area contributed by atoms with E-state index >= 15 is 0 Å². The third kappa shape index (κ3) is 6.87. The van der Waals surface area contributed by atoms with Crippen LogP contribution < -0.4 is 25.5 Å². The molecule has 11 heteroatoms. The molecule has 2 aromatic carbocycles. The lowest BCUT2D eigenvalue weighted by Crippen LogP contribution is -2.35. The van der Waals surface area contributed by atoms with Crippen molar-refractivity contribution < 1.29 is 23.9 Å². The number of methoxy groups -OCH3 is 1. The predicted molar refractivity (Wildman–Crippen MR) is 118 cm³/mol. The van der Waals surface area contributed by atoms with Crippen molar-refractivity contribution in [3.8, 4) is 11.5 Å². The highest BCUT2D eigenvalue weighted by atomic mass is 35.5. The second-order valence-electron chi connectivity index (χ2n) is 6.11. The first-order valence-corrected chi connectivity index (χ1v) is 9.62. The standard InChI is InChI=1S/C20H20Cl2N4O5/c1-11-4-5-13(8-14(11)21)25-17(27)10-31-18-15(22)6-12(7-16(18)30-3)9-24-26-20(29)19(28)23-2/h4-9H,10H2,1-3H3,(H,23,28)(H,25,27)(H,26,29)/b24-9-. The summed E-state index contributed by atoms with van der Waals surface area (Å²) in [6, 6.07) is 8.18. The molecule has 2 rings (SSSR count).